The third-order valence-electron chi connectivity index (χ3n) is 4.57. The highest BCUT2D eigenvalue weighted by atomic mass is 35.5. The molecule has 0 aliphatic heterocycles. The quantitative estimate of drug-likeness (QED) is 0.688. The van der Waals surface area contributed by atoms with E-state index in [1.165, 1.54) is 11.0 Å². The first-order valence-corrected chi connectivity index (χ1v) is 8.80. The molecular weight excluding hydrogens is 338 g/mol. The Hall–Kier alpha value is -2.30. The van der Waals surface area contributed by atoms with Crippen LogP contribution in [0.25, 0.3) is 22.1 Å². The number of phenols is 1. The third kappa shape index (κ3) is 3.41. The fourth-order valence-corrected chi connectivity index (χ4v) is 3.31. The number of hydrogen-bond donors (Lipinski definition) is 2. The zero-order chi connectivity index (χ0) is 18.0. The van der Waals surface area contributed by atoms with Crippen LogP contribution in [0.5, 0.6) is 5.75 Å². The minimum Gasteiger partial charge on any atom is -0.506 e. The lowest BCUT2D eigenvalue weighted by molar-refractivity contribution is -0.910. The second-order valence-corrected chi connectivity index (χ2v) is 6.45. The van der Waals surface area contributed by atoms with Gasteiger partial charge in [0.05, 0.1) is 23.7 Å². The molecule has 0 fully saturated rings. The van der Waals surface area contributed by atoms with Gasteiger partial charge in [-0.1, -0.05) is 41.9 Å². The van der Waals surface area contributed by atoms with Gasteiger partial charge >= 0.3 is 5.63 Å². The van der Waals surface area contributed by atoms with E-state index in [4.69, 9.17) is 16.0 Å². The van der Waals surface area contributed by atoms with E-state index in [9.17, 15) is 9.90 Å². The van der Waals surface area contributed by atoms with Crippen molar-refractivity contribution in [2.75, 3.05) is 13.1 Å². The predicted octanol–water partition coefficient (Wildman–Crippen LogP) is 3.24. The van der Waals surface area contributed by atoms with Gasteiger partial charge in [-0.3, -0.25) is 0 Å². The number of nitrogens with one attached hydrogen (secondary N) is 1. The van der Waals surface area contributed by atoms with E-state index in [2.05, 4.69) is 13.8 Å². The monoisotopic (exact) mass is 358 g/mol. The molecule has 5 heteroatoms. The summed E-state index contributed by atoms with van der Waals surface area (Å²) in [5, 5.41) is 11.5. The smallest absolute Gasteiger partial charge is 0.336 e. The van der Waals surface area contributed by atoms with E-state index in [1.54, 1.807) is 6.07 Å². The van der Waals surface area contributed by atoms with Crippen LogP contribution in [0.1, 0.15) is 19.4 Å². The highest BCUT2D eigenvalue weighted by Crippen LogP contribution is 2.37. The molecule has 0 aliphatic carbocycles. The number of fused-ring (bicyclic) bond motifs is 1. The Labute approximate surface area is 151 Å². The molecule has 0 amide bonds. The maximum atomic E-state index is 12.2. The molecule has 4 nitrogen and oxygen atoms in total. The highest BCUT2D eigenvalue weighted by Gasteiger charge is 2.21. The van der Waals surface area contributed by atoms with Crippen LogP contribution in [0.2, 0.25) is 5.02 Å². The van der Waals surface area contributed by atoms with E-state index in [1.807, 2.05) is 30.3 Å². The van der Waals surface area contributed by atoms with Crippen LogP contribution in [-0.4, -0.2) is 18.2 Å². The van der Waals surface area contributed by atoms with Crippen LogP contribution < -0.4 is 10.5 Å². The lowest BCUT2D eigenvalue weighted by Crippen LogP contribution is -3.10. The van der Waals surface area contributed by atoms with Gasteiger partial charge < -0.3 is 14.4 Å². The van der Waals surface area contributed by atoms with Crippen molar-refractivity contribution < 1.29 is 14.4 Å². The Kier molecular flexibility index (Phi) is 5.11. The summed E-state index contributed by atoms with van der Waals surface area (Å²) in [6.45, 7) is 6.48. The third-order valence-corrected chi connectivity index (χ3v) is 4.86. The van der Waals surface area contributed by atoms with E-state index in [0.717, 1.165) is 29.6 Å². The van der Waals surface area contributed by atoms with Crippen LogP contribution in [-0.2, 0) is 6.54 Å². The number of rotatable bonds is 5. The predicted molar refractivity (Wildman–Crippen MR) is 100 cm³/mol. The number of benzene rings is 2. The molecule has 0 saturated heterocycles. The van der Waals surface area contributed by atoms with Crippen molar-refractivity contribution in [1.29, 1.82) is 0 Å². The van der Waals surface area contributed by atoms with Gasteiger partial charge in [-0.2, -0.15) is 0 Å². The molecule has 0 saturated carbocycles. The fraction of sp³-hybridized carbons (Fsp3) is 0.250. The molecule has 2 N–H and O–H groups in total. The van der Waals surface area contributed by atoms with Gasteiger partial charge in [0.1, 0.15) is 12.3 Å². The van der Waals surface area contributed by atoms with Gasteiger partial charge in [0.25, 0.3) is 0 Å². The maximum absolute atomic E-state index is 12.2. The molecule has 130 valence electrons. The number of hydrogen-bond acceptors (Lipinski definition) is 3. The fourth-order valence-electron chi connectivity index (χ4n) is 3.09. The Balaban J connectivity index is 2.32. The van der Waals surface area contributed by atoms with Crippen molar-refractivity contribution >= 4 is 22.6 Å². The van der Waals surface area contributed by atoms with Crippen molar-refractivity contribution in [3.63, 3.8) is 0 Å². The molecule has 0 radical (unpaired) electrons. The zero-order valence-electron chi connectivity index (χ0n) is 14.3. The van der Waals surface area contributed by atoms with Gasteiger partial charge in [0.2, 0.25) is 0 Å². The summed E-state index contributed by atoms with van der Waals surface area (Å²) in [7, 11) is 0. The van der Waals surface area contributed by atoms with Crippen molar-refractivity contribution in [3.8, 4) is 16.9 Å². The molecule has 2 aromatic carbocycles. The summed E-state index contributed by atoms with van der Waals surface area (Å²) in [5.41, 5.74) is 2.21. The van der Waals surface area contributed by atoms with Crippen molar-refractivity contribution in [2.24, 2.45) is 0 Å². The van der Waals surface area contributed by atoms with Gasteiger partial charge in [0, 0.05) is 11.5 Å². The first-order chi connectivity index (χ1) is 12.0. The molecule has 1 aromatic heterocycles. The molecule has 3 aromatic rings. The number of halogens is 1. The Morgan fingerprint density at radius 1 is 1.12 bits per heavy atom. The van der Waals surface area contributed by atoms with Gasteiger partial charge in [-0.05, 0) is 31.0 Å². The molecule has 1 heterocycles. The number of aromatic hydroxyl groups is 1. The average molecular weight is 359 g/mol. The van der Waals surface area contributed by atoms with Crippen LogP contribution in [0.4, 0.5) is 0 Å². The van der Waals surface area contributed by atoms with E-state index < -0.39 is 5.63 Å². The molecule has 3 rings (SSSR count). The summed E-state index contributed by atoms with van der Waals surface area (Å²) in [6, 6.07) is 12.8. The van der Waals surface area contributed by atoms with Crippen molar-refractivity contribution in [3.05, 3.63) is 63.5 Å². The van der Waals surface area contributed by atoms with Crippen LogP contribution >= 0.6 is 11.6 Å². The second-order valence-electron chi connectivity index (χ2n) is 6.04. The Bertz CT molecular complexity index is 947. The molecule has 0 atom stereocenters. The van der Waals surface area contributed by atoms with Gasteiger partial charge in [-0.25, -0.2) is 4.79 Å². The van der Waals surface area contributed by atoms with E-state index >= 15 is 0 Å². The number of quaternary nitrogens is 1. The first kappa shape index (κ1) is 17.5. The van der Waals surface area contributed by atoms with Crippen LogP contribution in [0.15, 0.2) is 51.7 Å². The number of phenolic OH excluding ortho intramolecular Hbond substituents is 1. The van der Waals surface area contributed by atoms with Gasteiger partial charge in [-0.15, -0.1) is 0 Å². The normalized spacial score (nSPS) is 11.4. The van der Waals surface area contributed by atoms with Crippen LogP contribution in [0, 0.1) is 0 Å². The minimum absolute atomic E-state index is 0.0121. The van der Waals surface area contributed by atoms with Crippen molar-refractivity contribution in [2.45, 2.75) is 20.4 Å². The molecule has 0 spiro atoms. The molecule has 25 heavy (non-hydrogen) atoms. The van der Waals surface area contributed by atoms with Gasteiger partial charge in [0.15, 0.2) is 5.58 Å². The van der Waals surface area contributed by atoms with Crippen LogP contribution in [0.3, 0.4) is 0 Å². The Morgan fingerprint density at radius 2 is 1.80 bits per heavy atom. The molecule has 0 aliphatic rings. The summed E-state index contributed by atoms with van der Waals surface area (Å²) in [4.78, 5) is 13.4. The summed E-state index contributed by atoms with van der Waals surface area (Å²) < 4.78 is 5.49. The second kappa shape index (κ2) is 7.30. The van der Waals surface area contributed by atoms with E-state index in [-0.39, 0.29) is 10.8 Å². The SMILES string of the molecule is CC[NH+](CC)Cc1c(O)c(Cl)cc2c(-c3ccccc3)cc(=O)oc12. The zero-order valence-corrected chi connectivity index (χ0v) is 15.1. The van der Waals surface area contributed by atoms with E-state index in [0.29, 0.717) is 17.7 Å². The summed E-state index contributed by atoms with van der Waals surface area (Å²) in [5.74, 6) is -0.0121. The standard InChI is InChI=1S/C20H20ClNO3/c1-3-22(4-2)12-16-19(24)17(21)10-15-14(11-18(23)25-20(15)16)13-8-6-5-7-9-13/h5-11,24H,3-4,12H2,1-2H3/p+1. The lowest BCUT2D eigenvalue weighted by Gasteiger charge is -2.18. The largest absolute Gasteiger partial charge is 0.506 e. The molecular formula is C20H21ClNO3+. The lowest BCUT2D eigenvalue weighted by atomic mass is 9.99. The molecule has 0 unspecified atom stereocenters. The Morgan fingerprint density at radius 3 is 2.44 bits per heavy atom. The molecule has 0 bridgehead atoms. The van der Waals surface area contributed by atoms with Crippen molar-refractivity contribution in [1.82, 2.24) is 0 Å². The maximum Gasteiger partial charge on any atom is 0.336 e. The summed E-state index contributed by atoms with van der Waals surface area (Å²) in [6.07, 6.45) is 0. The highest BCUT2D eigenvalue weighted by molar-refractivity contribution is 6.33. The average Bonchev–Trinajstić information content (AvgIpc) is 2.63. The topological polar surface area (TPSA) is 54.9 Å². The summed E-state index contributed by atoms with van der Waals surface area (Å²) >= 11 is 6.28. The first-order valence-electron chi connectivity index (χ1n) is 8.42. The minimum atomic E-state index is -0.441.